The smallest absolute Gasteiger partial charge is 0.240 e. The average molecular weight is 425 g/mol. The van der Waals surface area contributed by atoms with Gasteiger partial charge < -0.3 is 0 Å². The normalized spacial score (nSPS) is 12.3. The lowest BCUT2D eigenvalue weighted by molar-refractivity contribution is -0.137. The van der Waals surface area contributed by atoms with Crippen LogP contribution in [-0.2, 0) is 27.5 Å². The van der Waals surface area contributed by atoms with Crippen LogP contribution in [0.4, 0.5) is 13.2 Å². The van der Waals surface area contributed by atoms with Gasteiger partial charge in [0.1, 0.15) is 5.01 Å². The molecule has 0 aliphatic carbocycles. The summed E-state index contributed by atoms with van der Waals surface area (Å²) < 4.78 is 63.0. The number of nitrogens with zero attached hydrogens (tertiary/aromatic N) is 1. The molecule has 2 aromatic carbocycles. The Kier molecular flexibility index (Phi) is 5.63. The Labute approximate surface area is 165 Å². The van der Waals surface area contributed by atoms with E-state index in [0.717, 1.165) is 28.8 Å². The fourth-order valence-electron chi connectivity index (χ4n) is 2.99. The van der Waals surface area contributed by atoms with Crippen LogP contribution in [0.5, 0.6) is 0 Å². The van der Waals surface area contributed by atoms with Gasteiger partial charge in [-0.2, -0.15) is 13.2 Å². The van der Waals surface area contributed by atoms with E-state index in [9.17, 15) is 21.6 Å². The van der Waals surface area contributed by atoms with Gasteiger partial charge in [0.2, 0.25) is 0 Å². The highest BCUT2D eigenvalue weighted by Crippen LogP contribution is 2.32. The second kappa shape index (κ2) is 7.67. The van der Waals surface area contributed by atoms with Crippen LogP contribution in [0.3, 0.4) is 0 Å². The molecule has 1 heterocycles. The number of sulfone groups is 1. The summed E-state index contributed by atoms with van der Waals surface area (Å²) >= 11 is 1.21. The van der Waals surface area contributed by atoms with Crippen LogP contribution >= 0.6 is 11.3 Å². The van der Waals surface area contributed by atoms with Crippen LogP contribution in [0, 0.1) is 13.8 Å². The van der Waals surface area contributed by atoms with Gasteiger partial charge in [-0.05, 0) is 31.5 Å². The van der Waals surface area contributed by atoms with E-state index < -0.39 is 21.6 Å². The highest BCUT2D eigenvalue weighted by Gasteiger charge is 2.30. The maximum Gasteiger partial charge on any atom is 0.416 e. The maximum absolute atomic E-state index is 12.7. The molecule has 0 amide bonds. The van der Waals surface area contributed by atoms with Gasteiger partial charge in [0, 0.05) is 10.9 Å². The van der Waals surface area contributed by atoms with Gasteiger partial charge in [0.15, 0.2) is 9.84 Å². The molecule has 0 aliphatic rings. The van der Waals surface area contributed by atoms with Crippen LogP contribution in [0.2, 0.25) is 0 Å². The summed E-state index contributed by atoms with van der Waals surface area (Å²) in [5, 5.41) is 2.12. The first-order valence-electron chi connectivity index (χ1n) is 8.41. The number of rotatable bonds is 5. The summed E-state index contributed by atoms with van der Waals surface area (Å²) in [4.78, 5) is 4.29. The van der Waals surface area contributed by atoms with E-state index in [0.29, 0.717) is 16.3 Å². The minimum absolute atomic E-state index is 0.0807. The van der Waals surface area contributed by atoms with Gasteiger partial charge in [-0.25, -0.2) is 13.4 Å². The Morgan fingerprint density at radius 3 is 2.14 bits per heavy atom. The Morgan fingerprint density at radius 2 is 1.57 bits per heavy atom. The Balaban J connectivity index is 1.74. The zero-order valence-corrected chi connectivity index (χ0v) is 16.9. The van der Waals surface area contributed by atoms with E-state index in [1.807, 2.05) is 32.0 Å². The molecule has 8 heteroatoms. The van der Waals surface area contributed by atoms with Crippen molar-refractivity contribution >= 4 is 21.2 Å². The molecule has 3 nitrogen and oxygen atoms in total. The lowest BCUT2D eigenvalue weighted by Gasteiger charge is -2.06. The molecule has 28 heavy (non-hydrogen) atoms. The van der Waals surface area contributed by atoms with Crippen molar-refractivity contribution in [2.75, 3.05) is 0 Å². The molecule has 0 saturated carbocycles. The lowest BCUT2D eigenvalue weighted by Crippen LogP contribution is -2.08. The molecule has 0 bridgehead atoms. The fourth-order valence-corrected chi connectivity index (χ4v) is 5.30. The van der Waals surface area contributed by atoms with E-state index in [2.05, 4.69) is 4.98 Å². The maximum atomic E-state index is 12.7. The Morgan fingerprint density at radius 1 is 0.964 bits per heavy atom. The van der Waals surface area contributed by atoms with Crippen LogP contribution in [0.15, 0.2) is 47.8 Å². The van der Waals surface area contributed by atoms with E-state index in [-0.39, 0.29) is 11.5 Å². The molecular weight excluding hydrogens is 407 g/mol. The summed E-state index contributed by atoms with van der Waals surface area (Å²) in [6.07, 6.45) is -4.39. The molecule has 0 unspecified atom stereocenters. The predicted octanol–water partition coefficient (Wildman–Crippen LogP) is 5.56. The quantitative estimate of drug-likeness (QED) is 0.538. The van der Waals surface area contributed by atoms with Crippen molar-refractivity contribution in [2.45, 2.75) is 31.5 Å². The molecule has 0 spiro atoms. The van der Waals surface area contributed by atoms with Crippen molar-refractivity contribution in [1.29, 1.82) is 0 Å². The summed E-state index contributed by atoms with van der Waals surface area (Å²) in [6, 6.07) is 10.3. The second-order valence-corrected chi connectivity index (χ2v) is 9.67. The number of hydrogen-bond acceptors (Lipinski definition) is 4. The van der Waals surface area contributed by atoms with Crippen LogP contribution in [0.1, 0.15) is 27.9 Å². The van der Waals surface area contributed by atoms with Crippen LogP contribution in [-0.4, -0.2) is 13.4 Å². The Bertz CT molecular complexity index is 1070. The number of thiazole rings is 1. The first kappa shape index (κ1) is 20.5. The molecule has 3 aromatic rings. The molecular formula is C20H18F3NO2S2. The number of aryl methyl sites for hydroxylation is 2. The zero-order valence-electron chi connectivity index (χ0n) is 15.2. The second-order valence-electron chi connectivity index (χ2n) is 6.75. The minimum atomic E-state index is -4.39. The van der Waals surface area contributed by atoms with Crippen molar-refractivity contribution in [3.8, 4) is 10.6 Å². The van der Waals surface area contributed by atoms with Gasteiger partial charge in [-0.15, -0.1) is 11.3 Å². The van der Waals surface area contributed by atoms with E-state index >= 15 is 0 Å². The first-order chi connectivity index (χ1) is 13.0. The van der Waals surface area contributed by atoms with Crippen molar-refractivity contribution in [3.05, 3.63) is 75.8 Å². The molecule has 0 atom stereocenters. The number of aromatic nitrogens is 1. The minimum Gasteiger partial charge on any atom is -0.240 e. The Hall–Kier alpha value is -2.19. The predicted molar refractivity (Wildman–Crippen MR) is 105 cm³/mol. The van der Waals surface area contributed by atoms with Crippen molar-refractivity contribution < 1.29 is 21.6 Å². The third-order valence-corrected chi connectivity index (χ3v) is 6.50. The third-order valence-electron chi connectivity index (χ3n) is 4.05. The first-order valence-corrected chi connectivity index (χ1v) is 11.1. The van der Waals surface area contributed by atoms with Gasteiger partial charge in [-0.3, -0.25) is 0 Å². The topological polar surface area (TPSA) is 47.0 Å². The number of benzene rings is 2. The van der Waals surface area contributed by atoms with E-state index in [1.165, 1.54) is 23.5 Å². The standard InChI is InChI=1S/C20H18F3NO2S2/c1-13-7-14(2)9-15(8-13)11-28(25,26)12-18-10-27-19(24-18)16-3-5-17(6-4-16)20(21,22)23/h3-10H,11-12H2,1-2H3. The molecule has 0 radical (unpaired) electrons. The summed E-state index contributed by atoms with van der Waals surface area (Å²) in [5.41, 5.74) is 2.92. The van der Waals surface area contributed by atoms with Gasteiger partial charge in [0.05, 0.1) is 22.8 Å². The van der Waals surface area contributed by atoms with Crippen molar-refractivity contribution in [1.82, 2.24) is 4.98 Å². The third kappa shape index (κ3) is 5.20. The molecule has 0 N–H and O–H groups in total. The molecule has 1 aromatic heterocycles. The highest BCUT2D eigenvalue weighted by atomic mass is 32.2. The van der Waals surface area contributed by atoms with E-state index in [1.54, 1.807) is 5.38 Å². The van der Waals surface area contributed by atoms with Crippen molar-refractivity contribution in [3.63, 3.8) is 0 Å². The fraction of sp³-hybridized carbons (Fsp3) is 0.250. The largest absolute Gasteiger partial charge is 0.416 e. The molecule has 0 aliphatic heterocycles. The van der Waals surface area contributed by atoms with Crippen LogP contribution < -0.4 is 0 Å². The number of alkyl halides is 3. The molecule has 0 fully saturated rings. The SMILES string of the molecule is Cc1cc(C)cc(CS(=O)(=O)Cc2csc(-c3ccc(C(F)(F)F)cc3)n2)c1. The molecule has 148 valence electrons. The van der Waals surface area contributed by atoms with Gasteiger partial charge in [0.25, 0.3) is 0 Å². The van der Waals surface area contributed by atoms with Crippen LogP contribution in [0.25, 0.3) is 10.6 Å². The van der Waals surface area contributed by atoms with E-state index in [4.69, 9.17) is 0 Å². The van der Waals surface area contributed by atoms with Gasteiger partial charge >= 0.3 is 6.18 Å². The summed E-state index contributed by atoms with van der Waals surface area (Å²) in [6.45, 7) is 3.83. The molecule has 3 rings (SSSR count). The summed E-state index contributed by atoms with van der Waals surface area (Å²) in [5.74, 6) is -0.292. The number of hydrogen-bond donors (Lipinski definition) is 0. The van der Waals surface area contributed by atoms with Gasteiger partial charge in [-0.1, -0.05) is 41.5 Å². The highest BCUT2D eigenvalue weighted by molar-refractivity contribution is 7.89. The average Bonchev–Trinajstić information content (AvgIpc) is 3.00. The molecule has 0 saturated heterocycles. The summed E-state index contributed by atoms with van der Waals surface area (Å²) in [7, 11) is -3.42. The monoisotopic (exact) mass is 425 g/mol. The van der Waals surface area contributed by atoms with Crippen molar-refractivity contribution in [2.24, 2.45) is 0 Å². The number of halogens is 3. The lowest BCUT2D eigenvalue weighted by atomic mass is 10.1. The zero-order chi connectivity index (χ0) is 20.5.